The van der Waals surface area contributed by atoms with E-state index in [1.54, 1.807) is 17.4 Å². The molecule has 18 heavy (non-hydrogen) atoms. The molecule has 2 rings (SSSR count). The zero-order chi connectivity index (χ0) is 13.1. The SMILES string of the molecule is Cc1nc(CN(C)c2nnccc2C(=N)N)cs1. The minimum absolute atomic E-state index is 0.0128. The van der Waals surface area contributed by atoms with E-state index < -0.39 is 0 Å². The third kappa shape index (κ3) is 2.62. The number of aromatic nitrogens is 3. The lowest BCUT2D eigenvalue weighted by molar-refractivity contribution is 0.844. The summed E-state index contributed by atoms with van der Waals surface area (Å²) in [7, 11) is 1.88. The third-order valence-corrected chi connectivity index (χ3v) is 3.24. The monoisotopic (exact) mass is 262 g/mol. The molecule has 0 spiro atoms. The van der Waals surface area contributed by atoms with E-state index in [4.69, 9.17) is 11.1 Å². The number of amidine groups is 1. The molecule has 3 N–H and O–H groups in total. The van der Waals surface area contributed by atoms with Crippen molar-refractivity contribution in [2.24, 2.45) is 5.73 Å². The van der Waals surface area contributed by atoms with Gasteiger partial charge in [-0.3, -0.25) is 5.41 Å². The first-order valence-electron chi connectivity index (χ1n) is 5.36. The van der Waals surface area contributed by atoms with Gasteiger partial charge in [0, 0.05) is 12.4 Å². The minimum atomic E-state index is -0.0128. The molecule has 0 bridgehead atoms. The van der Waals surface area contributed by atoms with Crippen molar-refractivity contribution in [1.29, 1.82) is 5.41 Å². The highest BCUT2D eigenvalue weighted by atomic mass is 32.1. The molecule has 0 aliphatic heterocycles. The summed E-state index contributed by atoms with van der Waals surface area (Å²) in [6.45, 7) is 2.58. The van der Waals surface area contributed by atoms with Crippen LogP contribution in [0.2, 0.25) is 0 Å². The van der Waals surface area contributed by atoms with Crippen LogP contribution in [-0.4, -0.2) is 28.1 Å². The molecule has 6 nitrogen and oxygen atoms in total. The number of nitrogens with two attached hydrogens (primary N) is 1. The summed E-state index contributed by atoms with van der Waals surface area (Å²) in [5, 5.41) is 18.4. The van der Waals surface area contributed by atoms with E-state index in [1.165, 1.54) is 6.20 Å². The number of thiazole rings is 1. The van der Waals surface area contributed by atoms with Gasteiger partial charge >= 0.3 is 0 Å². The molecule has 0 radical (unpaired) electrons. The van der Waals surface area contributed by atoms with Gasteiger partial charge in [0.05, 0.1) is 29.0 Å². The van der Waals surface area contributed by atoms with Gasteiger partial charge in [-0.1, -0.05) is 0 Å². The van der Waals surface area contributed by atoms with E-state index >= 15 is 0 Å². The zero-order valence-electron chi connectivity index (χ0n) is 10.2. The van der Waals surface area contributed by atoms with Crippen molar-refractivity contribution in [1.82, 2.24) is 15.2 Å². The number of rotatable bonds is 4. The standard InChI is InChI=1S/C11H14N6S/c1-7-15-8(6-18-7)5-17(2)11-9(10(12)13)3-4-14-16-11/h3-4,6H,5H2,1-2H3,(H3,12,13). The Morgan fingerprint density at radius 2 is 2.33 bits per heavy atom. The summed E-state index contributed by atoms with van der Waals surface area (Å²) in [5.74, 6) is 0.580. The fraction of sp³-hybridized carbons (Fsp3) is 0.273. The lowest BCUT2D eigenvalue weighted by Gasteiger charge is -2.18. The van der Waals surface area contributed by atoms with Crippen LogP contribution in [0.5, 0.6) is 0 Å². The second-order valence-corrected chi connectivity index (χ2v) is 4.96. The molecule has 0 aliphatic carbocycles. The van der Waals surface area contributed by atoms with Crippen LogP contribution >= 0.6 is 11.3 Å². The fourth-order valence-corrected chi connectivity index (χ4v) is 2.22. The number of anilines is 1. The van der Waals surface area contributed by atoms with Crippen molar-refractivity contribution >= 4 is 23.0 Å². The van der Waals surface area contributed by atoms with Gasteiger partial charge in [-0.25, -0.2) is 4.98 Å². The van der Waals surface area contributed by atoms with Crippen molar-refractivity contribution < 1.29 is 0 Å². The maximum atomic E-state index is 7.52. The molecule has 0 saturated heterocycles. The molecular weight excluding hydrogens is 248 g/mol. The predicted octanol–water partition coefficient (Wildman–Crippen LogP) is 1.16. The molecule has 94 valence electrons. The lowest BCUT2D eigenvalue weighted by Crippen LogP contribution is -2.23. The van der Waals surface area contributed by atoms with Gasteiger partial charge in [0.15, 0.2) is 5.82 Å². The van der Waals surface area contributed by atoms with E-state index in [0.29, 0.717) is 17.9 Å². The smallest absolute Gasteiger partial charge is 0.162 e. The average molecular weight is 262 g/mol. The number of nitrogens with zero attached hydrogens (tertiary/aromatic N) is 4. The second-order valence-electron chi connectivity index (χ2n) is 3.90. The quantitative estimate of drug-likeness (QED) is 0.637. The van der Waals surface area contributed by atoms with Crippen LogP contribution in [0.1, 0.15) is 16.3 Å². The number of hydrogen-bond acceptors (Lipinski definition) is 6. The first-order valence-corrected chi connectivity index (χ1v) is 6.24. The summed E-state index contributed by atoms with van der Waals surface area (Å²) < 4.78 is 0. The molecule has 2 aromatic heterocycles. The molecule has 0 amide bonds. The molecule has 7 heteroatoms. The Kier molecular flexibility index (Phi) is 3.52. The summed E-state index contributed by atoms with van der Waals surface area (Å²) in [4.78, 5) is 6.28. The highest BCUT2D eigenvalue weighted by molar-refractivity contribution is 7.09. The summed E-state index contributed by atoms with van der Waals surface area (Å²) in [6.07, 6.45) is 1.53. The Morgan fingerprint density at radius 3 is 2.94 bits per heavy atom. The summed E-state index contributed by atoms with van der Waals surface area (Å²) in [5.41, 5.74) is 7.08. The van der Waals surface area contributed by atoms with Crippen molar-refractivity contribution in [3.05, 3.63) is 33.9 Å². The Bertz CT molecular complexity index is 564. The second kappa shape index (κ2) is 5.09. The van der Waals surface area contributed by atoms with Crippen molar-refractivity contribution in [2.45, 2.75) is 13.5 Å². The summed E-state index contributed by atoms with van der Waals surface area (Å²) in [6, 6.07) is 1.69. The Morgan fingerprint density at radius 1 is 1.56 bits per heavy atom. The van der Waals surface area contributed by atoms with Gasteiger partial charge in [0.25, 0.3) is 0 Å². The first kappa shape index (κ1) is 12.4. The fourth-order valence-electron chi connectivity index (χ4n) is 1.62. The average Bonchev–Trinajstić information content (AvgIpc) is 2.74. The normalized spacial score (nSPS) is 10.3. The maximum Gasteiger partial charge on any atom is 0.162 e. The van der Waals surface area contributed by atoms with Gasteiger partial charge < -0.3 is 10.6 Å². The number of aryl methyl sites for hydroxylation is 1. The molecule has 2 heterocycles. The molecule has 0 fully saturated rings. The molecule has 0 unspecified atom stereocenters. The van der Waals surface area contributed by atoms with E-state index in [0.717, 1.165) is 10.7 Å². The minimum Gasteiger partial charge on any atom is -0.384 e. The van der Waals surface area contributed by atoms with E-state index in [1.807, 2.05) is 24.3 Å². The van der Waals surface area contributed by atoms with Gasteiger partial charge in [0.2, 0.25) is 0 Å². The van der Waals surface area contributed by atoms with Gasteiger partial charge in [0.1, 0.15) is 5.84 Å². The Balaban J connectivity index is 2.23. The van der Waals surface area contributed by atoms with E-state index in [2.05, 4.69) is 15.2 Å². The van der Waals surface area contributed by atoms with Crippen molar-refractivity contribution in [3.8, 4) is 0 Å². The van der Waals surface area contributed by atoms with Gasteiger partial charge in [-0.05, 0) is 13.0 Å². The zero-order valence-corrected chi connectivity index (χ0v) is 11.0. The van der Waals surface area contributed by atoms with Crippen LogP contribution in [0.4, 0.5) is 5.82 Å². The largest absolute Gasteiger partial charge is 0.384 e. The Hall–Kier alpha value is -2.02. The number of nitrogen functional groups attached to an aromatic ring is 1. The maximum absolute atomic E-state index is 7.52. The van der Waals surface area contributed by atoms with Crippen LogP contribution in [0.15, 0.2) is 17.6 Å². The van der Waals surface area contributed by atoms with Crippen LogP contribution in [0, 0.1) is 12.3 Å². The highest BCUT2D eigenvalue weighted by Crippen LogP contribution is 2.17. The molecule has 0 aromatic carbocycles. The lowest BCUT2D eigenvalue weighted by atomic mass is 10.2. The molecule has 2 aromatic rings. The first-order chi connectivity index (χ1) is 8.58. The topological polar surface area (TPSA) is 91.8 Å². The van der Waals surface area contributed by atoms with Crippen LogP contribution < -0.4 is 10.6 Å². The van der Waals surface area contributed by atoms with Gasteiger partial charge in [-0.15, -0.1) is 16.4 Å². The molecule has 0 atom stereocenters. The van der Waals surface area contributed by atoms with Crippen molar-refractivity contribution in [2.75, 3.05) is 11.9 Å². The molecule has 0 saturated carbocycles. The Labute approximate surface area is 109 Å². The molecular formula is C11H14N6S. The van der Waals surface area contributed by atoms with E-state index in [9.17, 15) is 0 Å². The van der Waals surface area contributed by atoms with Crippen molar-refractivity contribution in [3.63, 3.8) is 0 Å². The van der Waals surface area contributed by atoms with Crippen LogP contribution in [-0.2, 0) is 6.54 Å². The number of hydrogen-bond donors (Lipinski definition) is 2. The third-order valence-electron chi connectivity index (χ3n) is 2.42. The predicted molar refractivity (Wildman–Crippen MR) is 72.0 cm³/mol. The van der Waals surface area contributed by atoms with E-state index in [-0.39, 0.29) is 5.84 Å². The molecule has 0 aliphatic rings. The highest BCUT2D eigenvalue weighted by Gasteiger charge is 2.13. The van der Waals surface area contributed by atoms with Gasteiger partial charge in [-0.2, -0.15) is 5.10 Å². The number of nitrogens with one attached hydrogen (secondary N) is 1. The van der Waals surface area contributed by atoms with Crippen LogP contribution in [0.25, 0.3) is 0 Å². The van der Waals surface area contributed by atoms with Crippen LogP contribution in [0.3, 0.4) is 0 Å². The summed E-state index contributed by atoms with van der Waals surface area (Å²) >= 11 is 1.61.